The highest BCUT2D eigenvalue weighted by atomic mass is 32.1. The van der Waals surface area contributed by atoms with Crippen LogP contribution in [-0.2, 0) is 4.79 Å². The number of carbonyl (C=O) groups excluding carboxylic acids is 1. The van der Waals surface area contributed by atoms with Crippen LogP contribution in [0.15, 0.2) is 0 Å². The van der Waals surface area contributed by atoms with E-state index in [1.807, 2.05) is 6.92 Å². The third-order valence-corrected chi connectivity index (χ3v) is 3.67. The summed E-state index contributed by atoms with van der Waals surface area (Å²) in [5.41, 5.74) is 5.52. The van der Waals surface area contributed by atoms with Crippen molar-refractivity contribution in [2.45, 2.75) is 45.1 Å². The van der Waals surface area contributed by atoms with Crippen molar-refractivity contribution in [3.63, 3.8) is 0 Å². The lowest BCUT2D eigenvalue weighted by Crippen LogP contribution is -2.43. The highest BCUT2D eigenvalue weighted by Gasteiger charge is 2.23. The fourth-order valence-corrected chi connectivity index (χ4v) is 2.17. The van der Waals surface area contributed by atoms with Gasteiger partial charge in [-0.2, -0.15) is 0 Å². The fourth-order valence-electron chi connectivity index (χ4n) is 2.01. The summed E-state index contributed by atoms with van der Waals surface area (Å²) >= 11 is 4.88. The van der Waals surface area contributed by atoms with Crippen LogP contribution in [0.3, 0.4) is 0 Å². The maximum atomic E-state index is 11.9. The van der Waals surface area contributed by atoms with Gasteiger partial charge in [0, 0.05) is 13.5 Å². The number of nitrogens with two attached hydrogens (primary N) is 1. The average Bonchev–Trinajstić information content (AvgIpc) is 2.67. The molecule has 0 heterocycles. The van der Waals surface area contributed by atoms with Gasteiger partial charge in [-0.15, -0.1) is 0 Å². The Kier molecular flexibility index (Phi) is 4.51. The molecular formula is C11H20N2OS. The minimum atomic E-state index is -0.131. The van der Waals surface area contributed by atoms with Crippen LogP contribution in [-0.4, -0.2) is 28.9 Å². The van der Waals surface area contributed by atoms with E-state index >= 15 is 0 Å². The lowest BCUT2D eigenvalue weighted by atomic mass is 10.0. The standard InChI is InChI=1S/C11H20N2OS/c1-8(11(12)15)13(2)10(14)7-9-5-3-4-6-9/h8-9H,3-7H2,1-2H3,(H2,12,15). The molecule has 1 saturated carbocycles. The predicted octanol–water partition coefficient (Wildman–Crippen LogP) is 1.70. The maximum absolute atomic E-state index is 11.9. The molecule has 15 heavy (non-hydrogen) atoms. The summed E-state index contributed by atoms with van der Waals surface area (Å²) in [6, 6.07) is -0.131. The molecule has 1 atom stereocenters. The zero-order valence-electron chi connectivity index (χ0n) is 9.53. The number of nitrogens with zero attached hydrogens (tertiary/aromatic N) is 1. The van der Waals surface area contributed by atoms with E-state index in [1.165, 1.54) is 25.7 Å². The molecule has 0 saturated heterocycles. The SMILES string of the molecule is CC(C(N)=S)N(C)C(=O)CC1CCCC1. The van der Waals surface area contributed by atoms with Crippen molar-refractivity contribution in [1.82, 2.24) is 4.90 Å². The number of carbonyl (C=O) groups is 1. The molecule has 0 bridgehead atoms. The largest absolute Gasteiger partial charge is 0.392 e. The van der Waals surface area contributed by atoms with Gasteiger partial charge < -0.3 is 10.6 Å². The number of amides is 1. The average molecular weight is 228 g/mol. The Balaban J connectivity index is 2.41. The summed E-state index contributed by atoms with van der Waals surface area (Å²) in [6.07, 6.45) is 5.59. The zero-order chi connectivity index (χ0) is 11.4. The van der Waals surface area contributed by atoms with Crippen molar-refractivity contribution in [1.29, 1.82) is 0 Å². The highest BCUT2D eigenvalue weighted by Crippen LogP contribution is 2.28. The Labute approximate surface area is 97.0 Å². The third kappa shape index (κ3) is 3.45. The van der Waals surface area contributed by atoms with E-state index in [1.54, 1.807) is 11.9 Å². The van der Waals surface area contributed by atoms with Crippen LogP contribution in [0.4, 0.5) is 0 Å². The summed E-state index contributed by atoms with van der Waals surface area (Å²) in [7, 11) is 1.78. The molecule has 4 heteroatoms. The lowest BCUT2D eigenvalue weighted by molar-refractivity contribution is -0.131. The number of likely N-dealkylation sites (N-methyl/N-ethyl adjacent to an activating group) is 1. The van der Waals surface area contributed by atoms with Crippen LogP contribution in [0.5, 0.6) is 0 Å². The molecule has 0 aromatic carbocycles. The van der Waals surface area contributed by atoms with Gasteiger partial charge in [-0.1, -0.05) is 25.1 Å². The molecule has 1 aliphatic carbocycles. The van der Waals surface area contributed by atoms with Crippen molar-refractivity contribution in [2.24, 2.45) is 11.7 Å². The first kappa shape index (κ1) is 12.4. The van der Waals surface area contributed by atoms with Crippen molar-refractivity contribution < 1.29 is 4.79 Å². The molecule has 86 valence electrons. The lowest BCUT2D eigenvalue weighted by Gasteiger charge is -2.25. The van der Waals surface area contributed by atoms with E-state index in [0.717, 1.165) is 0 Å². The van der Waals surface area contributed by atoms with Crippen LogP contribution >= 0.6 is 12.2 Å². The van der Waals surface area contributed by atoms with Gasteiger partial charge in [-0.25, -0.2) is 0 Å². The van der Waals surface area contributed by atoms with Crippen LogP contribution < -0.4 is 5.73 Å². The van der Waals surface area contributed by atoms with E-state index in [0.29, 0.717) is 17.3 Å². The van der Waals surface area contributed by atoms with Crippen molar-refractivity contribution >= 4 is 23.1 Å². The molecule has 1 aliphatic rings. The second-order valence-corrected chi connectivity index (χ2v) is 4.91. The maximum Gasteiger partial charge on any atom is 0.223 e. The molecule has 0 aromatic heterocycles. The monoisotopic (exact) mass is 228 g/mol. The summed E-state index contributed by atoms with van der Waals surface area (Å²) in [5, 5.41) is 0. The molecule has 1 unspecified atom stereocenters. The molecule has 1 amide bonds. The minimum absolute atomic E-state index is 0.131. The molecule has 0 aromatic rings. The van der Waals surface area contributed by atoms with Crippen LogP contribution in [0.1, 0.15) is 39.0 Å². The Morgan fingerprint density at radius 3 is 2.53 bits per heavy atom. The molecule has 0 aliphatic heterocycles. The number of rotatable bonds is 4. The van der Waals surface area contributed by atoms with Gasteiger partial charge in [-0.3, -0.25) is 4.79 Å². The van der Waals surface area contributed by atoms with Gasteiger partial charge in [0.05, 0.1) is 11.0 Å². The Bertz CT molecular complexity index is 249. The summed E-state index contributed by atoms with van der Waals surface area (Å²) < 4.78 is 0. The van der Waals surface area contributed by atoms with E-state index in [2.05, 4.69) is 0 Å². The molecule has 2 N–H and O–H groups in total. The van der Waals surface area contributed by atoms with E-state index in [4.69, 9.17) is 18.0 Å². The van der Waals surface area contributed by atoms with Gasteiger partial charge in [0.15, 0.2) is 0 Å². The molecular weight excluding hydrogens is 208 g/mol. The van der Waals surface area contributed by atoms with Gasteiger partial charge in [0.25, 0.3) is 0 Å². The molecule has 0 radical (unpaired) electrons. The first-order chi connectivity index (χ1) is 7.02. The second kappa shape index (κ2) is 5.45. The Morgan fingerprint density at radius 1 is 1.53 bits per heavy atom. The first-order valence-electron chi connectivity index (χ1n) is 5.57. The summed E-state index contributed by atoms with van der Waals surface area (Å²) in [5.74, 6) is 0.751. The van der Waals surface area contributed by atoms with Gasteiger partial charge in [-0.05, 0) is 25.7 Å². The van der Waals surface area contributed by atoms with Crippen LogP contribution in [0.2, 0.25) is 0 Å². The summed E-state index contributed by atoms with van der Waals surface area (Å²) in [4.78, 5) is 13.9. The number of thiocarbonyl (C=S) groups is 1. The van der Waals surface area contributed by atoms with Crippen LogP contribution in [0.25, 0.3) is 0 Å². The Hall–Kier alpha value is -0.640. The fraction of sp³-hybridized carbons (Fsp3) is 0.818. The summed E-state index contributed by atoms with van der Waals surface area (Å²) in [6.45, 7) is 1.87. The Morgan fingerprint density at radius 2 is 2.07 bits per heavy atom. The molecule has 3 nitrogen and oxygen atoms in total. The van der Waals surface area contributed by atoms with Crippen LogP contribution in [0, 0.1) is 5.92 Å². The smallest absolute Gasteiger partial charge is 0.223 e. The predicted molar refractivity (Wildman–Crippen MR) is 65.6 cm³/mol. The third-order valence-electron chi connectivity index (χ3n) is 3.32. The molecule has 1 rings (SSSR count). The normalized spacial score (nSPS) is 18.8. The number of hydrogen-bond acceptors (Lipinski definition) is 2. The molecule has 0 spiro atoms. The van der Waals surface area contributed by atoms with Crippen molar-refractivity contribution in [2.75, 3.05) is 7.05 Å². The quantitative estimate of drug-likeness (QED) is 0.745. The number of hydrogen-bond donors (Lipinski definition) is 1. The van der Waals surface area contributed by atoms with Gasteiger partial charge in [0.2, 0.25) is 5.91 Å². The first-order valence-corrected chi connectivity index (χ1v) is 5.98. The minimum Gasteiger partial charge on any atom is -0.392 e. The van der Waals surface area contributed by atoms with Gasteiger partial charge in [0.1, 0.15) is 0 Å². The van der Waals surface area contributed by atoms with E-state index in [9.17, 15) is 4.79 Å². The second-order valence-electron chi connectivity index (χ2n) is 4.44. The van der Waals surface area contributed by atoms with E-state index < -0.39 is 0 Å². The van der Waals surface area contributed by atoms with E-state index in [-0.39, 0.29) is 11.9 Å². The van der Waals surface area contributed by atoms with Crippen molar-refractivity contribution in [3.8, 4) is 0 Å². The zero-order valence-corrected chi connectivity index (χ0v) is 10.3. The highest BCUT2D eigenvalue weighted by molar-refractivity contribution is 7.80. The topological polar surface area (TPSA) is 46.3 Å². The molecule has 1 fully saturated rings. The van der Waals surface area contributed by atoms with Crippen molar-refractivity contribution in [3.05, 3.63) is 0 Å². The van der Waals surface area contributed by atoms with Gasteiger partial charge >= 0.3 is 0 Å².